The van der Waals surface area contributed by atoms with Crippen molar-refractivity contribution in [1.29, 1.82) is 0 Å². The minimum atomic E-state index is -3.43. The summed E-state index contributed by atoms with van der Waals surface area (Å²) in [6.45, 7) is 1.77. The SMILES string of the molecule is CNC(=O)c1c(C)oc2cc(N(C)S(C)(=O)=O)c(C3CCCCCCCCC3)cc12. The van der Waals surface area contributed by atoms with Gasteiger partial charge in [-0.3, -0.25) is 9.10 Å². The summed E-state index contributed by atoms with van der Waals surface area (Å²) in [5.74, 6) is 0.618. The first-order chi connectivity index (χ1) is 14.2. The van der Waals surface area contributed by atoms with E-state index in [-0.39, 0.29) is 11.8 Å². The van der Waals surface area contributed by atoms with E-state index in [4.69, 9.17) is 4.42 Å². The highest BCUT2D eigenvalue weighted by Gasteiger charge is 2.26. The molecule has 7 heteroatoms. The van der Waals surface area contributed by atoms with E-state index in [0.717, 1.165) is 36.6 Å². The van der Waals surface area contributed by atoms with Gasteiger partial charge in [0.15, 0.2) is 0 Å². The summed E-state index contributed by atoms with van der Waals surface area (Å²) in [7, 11) is -0.228. The molecule has 1 saturated carbocycles. The maximum atomic E-state index is 12.5. The van der Waals surface area contributed by atoms with E-state index in [1.54, 1.807) is 27.1 Å². The molecule has 30 heavy (non-hydrogen) atoms. The van der Waals surface area contributed by atoms with E-state index >= 15 is 0 Å². The largest absolute Gasteiger partial charge is 0.460 e. The van der Waals surface area contributed by atoms with E-state index in [0.29, 0.717) is 22.6 Å². The van der Waals surface area contributed by atoms with Crippen LogP contribution in [0.3, 0.4) is 0 Å². The first-order valence-corrected chi connectivity index (χ1v) is 12.8. The number of carbonyl (C=O) groups excluding carboxylic acids is 1. The highest BCUT2D eigenvalue weighted by Crippen LogP contribution is 2.40. The number of rotatable bonds is 4. The Bertz CT molecular complexity index is 1000. The van der Waals surface area contributed by atoms with Crippen molar-refractivity contribution >= 4 is 32.6 Å². The van der Waals surface area contributed by atoms with Crippen molar-refractivity contribution in [2.45, 2.75) is 70.6 Å². The lowest BCUT2D eigenvalue weighted by molar-refractivity contribution is 0.0963. The van der Waals surface area contributed by atoms with Gasteiger partial charge in [0, 0.05) is 25.5 Å². The van der Waals surface area contributed by atoms with Crippen LogP contribution in [-0.2, 0) is 10.0 Å². The molecule has 6 nitrogen and oxygen atoms in total. The molecule has 2 aromatic rings. The van der Waals surface area contributed by atoms with Crippen molar-refractivity contribution in [3.05, 3.63) is 29.0 Å². The number of sulfonamides is 1. The van der Waals surface area contributed by atoms with Crippen molar-refractivity contribution in [1.82, 2.24) is 5.32 Å². The molecule has 0 saturated heterocycles. The third-order valence-electron chi connectivity index (χ3n) is 6.35. The lowest BCUT2D eigenvalue weighted by atomic mass is 9.85. The van der Waals surface area contributed by atoms with Gasteiger partial charge in [-0.2, -0.15) is 0 Å². The number of carbonyl (C=O) groups is 1. The number of hydrogen-bond acceptors (Lipinski definition) is 4. The van der Waals surface area contributed by atoms with E-state index in [2.05, 4.69) is 5.32 Å². The predicted molar refractivity (Wildman–Crippen MR) is 122 cm³/mol. The molecule has 0 spiro atoms. The standard InChI is InChI=1S/C23H34N2O4S/c1-16-22(23(26)24-2)19-14-18(17-12-10-8-6-5-7-9-11-13-17)20(15-21(19)29-16)25(3)30(4,27)28/h14-15,17H,5-13H2,1-4H3,(H,24,26). The van der Waals surface area contributed by atoms with Crippen LogP contribution in [0.4, 0.5) is 5.69 Å². The molecule has 1 aliphatic rings. The van der Waals surface area contributed by atoms with Crippen LogP contribution in [0.15, 0.2) is 16.5 Å². The van der Waals surface area contributed by atoms with Crippen LogP contribution in [0.1, 0.15) is 85.4 Å². The molecule has 1 heterocycles. The first kappa shape index (κ1) is 22.7. The second-order valence-electron chi connectivity index (χ2n) is 8.50. The molecule has 1 N–H and O–H groups in total. The van der Waals surface area contributed by atoms with Crippen molar-refractivity contribution in [3.8, 4) is 0 Å². The monoisotopic (exact) mass is 434 g/mol. The number of fused-ring (bicyclic) bond motifs is 1. The molecule has 1 amide bonds. The number of benzene rings is 1. The van der Waals surface area contributed by atoms with Gasteiger partial charge in [-0.15, -0.1) is 0 Å². The lowest BCUT2D eigenvalue weighted by Crippen LogP contribution is -2.26. The normalized spacial score (nSPS) is 17.1. The fourth-order valence-electron chi connectivity index (χ4n) is 4.58. The van der Waals surface area contributed by atoms with Gasteiger partial charge in [-0.25, -0.2) is 8.42 Å². The van der Waals surface area contributed by atoms with E-state index < -0.39 is 10.0 Å². The number of aryl methyl sites for hydroxylation is 1. The minimum Gasteiger partial charge on any atom is -0.460 e. The van der Waals surface area contributed by atoms with Crippen molar-refractivity contribution in [2.75, 3.05) is 24.7 Å². The summed E-state index contributed by atoms with van der Waals surface area (Å²) >= 11 is 0. The molecular weight excluding hydrogens is 400 g/mol. The minimum absolute atomic E-state index is 0.188. The first-order valence-electron chi connectivity index (χ1n) is 11.0. The van der Waals surface area contributed by atoms with Crippen molar-refractivity contribution in [3.63, 3.8) is 0 Å². The summed E-state index contributed by atoms with van der Waals surface area (Å²) in [5.41, 5.74) is 2.73. The molecular formula is C23H34N2O4S. The van der Waals surface area contributed by atoms with E-state index in [1.807, 2.05) is 6.07 Å². The van der Waals surface area contributed by atoms with Crippen LogP contribution < -0.4 is 9.62 Å². The van der Waals surface area contributed by atoms with Gasteiger partial charge in [0.1, 0.15) is 11.3 Å². The second kappa shape index (κ2) is 9.41. The molecule has 1 aromatic carbocycles. The third-order valence-corrected chi connectivity index (χ3v) is 7.54. The Kier molecular flexibility index (Phi) is 7.11. The van der Waals surface area contributed by atoms with Crippen molar-refractivity contribution in [2.24, 2.45) is 0 Å². The fraction of sp³-hybridized carbons (Fsp3) is 0.609. The maximum Gasteiger partial charge on any atom is 0.255 e. The van der Waals surface area contributed by atoms with Crippen molar-refractivity contribution < 1.29 is 17.6 Å². The average molecular weight is 435 g/mol. The zero-order valence-electron chi connectivity index (χ0n) is 18.6. The number of nitrogens with one attached hydrogen (secondary N) is 1. The topological polar surface area (TPSA) is 79.6 Å². The molecule has 0 radical (unpaired) electrons. The van der Waals surface area contributed by atoms with E-state index in [1.165, 1.54) is 42.7 Å². The average Bonchev–Trinajstić information content (AvgIpc) is 3.03. The summed E-state index contributed by atoms with van der Waals surface area (Å²) in [5, 5.41) is 3.44. The maximum absolute atomic E-state index is 12.5. The number of amides is 1. The smallest absolute Gasteiger partial charge is 0.255 e. The van der Waals surface area contributed by atoms with Gasteiger partial charge in [0.25, 0.3) is 5.91 Å². The molecule has 1 aliphatic carbocycles. The quantitative estimate of drug-likeness (QED) is 0.726. The van der Waals surface area contributed by atoms with Gasteiger partial charge in [-0.05, 0) is 37.3 Å². The Morgan fingerprint density at radius 2 is 1.63 bits per heavy atom. The Morgan fingerprint density at radius 1 is 1.07 bits per heavy atom. The van der Waals surface area contributed by atoms with E-state index in [9.17, 15) is 13.2 Å². The molecule has 1 fully saturated rings. The predicted octanol–water partition coefficient (Wildman–Crippen LogP) is 5.10. The van der Waals surface area contributed by atoms with Crippen LogP contribution >= 0.6 is 0 Å². The number of nitrogens with zero attached hydrogens (tertiary/aromatic N) is 1. The third kappa shape index (κ3) is 4.82. The highest BCUT2D eigenvalue weighted by molar-refractivity contribution is 7.92. The number of furan rings is 1. The second-order valence-corrected chi connectivity index (χ2v) is 10.5. The molecule has 3 rings (SSSR count). The van der Waals surface area contributed by atoms with Crippen LogP contribution in [-0.4, -0.2) is 34.7 Å². The Hall–Kier alpha value is -2.02. The van der Waals surface area contributed by atoms with Gasteiger partial charge in [0.2, 0.25) is 10.0 Å². The molecule has 166 valence electrons. The fourth-order valence-corrected chi connectivity index (χ4v) is 5.09. The Balaban J connectivity index is 2.17. The molecule has 0 atom stereocenters. The number of anilines is 1. The lowest BCUT2D eigenvalue weighted by Gasteiger charge is -2.26. The molecule has 0 unspecified atom stereocenters. The van der Waals surface area contributed by atoms with Gasteiger partial charge in [-0.1, -0.05) is 44.9 Å². The zero-order chi connectivity index (χ0) is 21.9. The van der Waals surface area contributed by atoms with Crippen LogP contribution in [0.2, 0.25) is 0 Å². The summed E-state index contributed by atoms with van der Waals surface area (Å²) in [6.07, 6.45) is 11.8. The van der Waals surface area contributed by atoms with Gasteiger partial charge >= 0.3 is 0 Å². The molecule has 1 aromatic heterocycles. The van der Waals surface area contributed by atoms with Crippen LogP contribution in [0.25, 0.3) is 11.0 Å². The molecule has 0 bridgehead atoms. The zero-order valence-corrected chi connectivity index (χ0v) is 19.4. The van der Waals surface area contributed by atoms with Crippen LogP contribution in [0.5, 0.6) is 0 Å². The Morgan fingerprint density at radius 3 is 2.17 bits per heavy atom. The highest BCUT2D eigenvalue weighted by atomic mass is 32.2. The summed E-state index contributed by atoms with van der Waals surface area (Å²) < 4.78 is 32.0. The van der Waals surface area contributed by atoms with Gasteiger partial charge in [0.05, 0.1) is 17.5 Å². The van der Waals surface area contributed by atoms with Crippen LogP contribution in [0, 0.1) is 6.92 Å². The summed E-state index contributed by atoms with van der Waals surface area (Å²) in [4.78, 5) is 12.5. The Labute approximate surface area is 180 Å². The summed E-state index contributed by atoms with van der Waals surface area (Å²) in [6, 6.07) is 3.80. The number of hydrogen-bond donors (Lipinski definition) is 1. The molecule has 0 aliphatic heterocycles. The van der Waals surface area contributed by atoms with Gasteiger partial charge < -0.3 is 9.73 Å².